The maximum Gasteiger partial charge on any atom is 0.183 e. The summed E-state index contributed by atoms with van der Waals surface area (Å²) in [5.74, 6) is -0.364. The predicted octanol–water partition coefficient (Wildman–Crippen LogP) is -3.97. The van der Waals surface area contributed by atoms with Crippen LogP contribution >= 0.6 is 0 Å². The first-order chi connectivity index (χ1) is 21.0. The topological polar surface area (TPSA) is 298 Å². The molecule has 0 bridgehead atoms. The van der Waals surface area contributed by atoms with Crippen molar-refractivity contribution in [3.05, 3.63) is 0 Å². The molecule has 3 rings (SSSR count). The van der Waals surface area contributed by atoms with E-state index >= 15 is 0 Å². The summed E-state index contributed by atoms with van der Waals surface area (Å²) in [4.78, 5) is 41.7. The van der Waals surface area contributed by atoms with Crippen LogP contribution in [0.3, 0.4) is 0 Å². The summed E-state index contributed by atoms with van der Waals surface area (Å²) in [6.45, 7) is 10.1. The lowest BCUT2D eigenvalue weighted by atomic mass is 9.93. The highest BCUT2D eigenvalue weighted by atomic mass is 16.6. The number of carbonyl (C=O) groups is 4. The first-order valence-electron chi connectivity index (χ1n) is 14.8. The molecule has 0 amide bonds. The van der Waals surface area contributed by atoms with E-state index in [2.05, 4.69) is 4.74 Å². The van der Waals surface area contributed by atoms with Crippen LogP contribution in [-0.4, -0.2) is 166 Å². The van der Waals surface area contributed by atoms with Gasteiger partial charge in [-0.25, -0.2) is 0 Å². The molecule has 0 aromatic rings. The Hall–Kier alpha value is -1.84. The SMILES string of the molecule is CC(=O)CC(C)=O.CC(=O)C[C@@H]1OC([C@H](C)O)[C@H](O)[C@H]1O.CC(=O)C[C@@H]1O[C@@H](C)[C@@H](O)[C@H](O)[C@H]1O.C[C@@H]1OC(O)[C@@H](O)[C@H](O)[C@@H]1O. The third-order valence-corrected chi connectivity index (χ3v) is 7.13. The number of hydrogen-bond acceptors (Lipinski definition) is 17. The summed E-state index contributed by atoms with van der Waals surface area (Å²) >= 11 is 0. The number of hydrogen-bond donors (Lipinski definition) is 10. The predicted molar refractivity (Wildman–Crippen MR) is 156 cm³/mol. The number of ether oxygens (including phenoxy) is 3. The Morgan fingerprint density at radius 3 is 1.24 bits per heavy atom. The van der Waals surface area contributed by atoms with Crippen LogP contribution in [0.2, 0.25) is 0 Å². The fourth-order valence-corrected chi connectivity index (χ4v) is 4.60. The van der Waals surface area contributed by atoms with Crippen LogP contribution in [0.1, 0.15) is 67.7 Å². The van der Waals surface area contributed by atoms with Gasteiger partial charge in [-0.2, -0.15) is 0 Å². The number of Topliss-reactive ketones (excluding diaryl/α,β-unsaturated/α-hetero) is 4. The summed E-state index contributed by atoms with van der Waals surface area (Å²) in [6, 6.07) is 0. The lowest BCUT2D eigenvalue weighted by Gasteiger charge is -2.39. The van der Waals surface area contributed by atoms with E-state index in [0.29, 0.717) is 0 Å². The highest BCUT2D eigenvalue weighted by Crippen LogP contribution is 2.26. The summed E-state index contributed by atoms with van der Waals surface area (Å²) in [7, 11) is 0. The largest absolute Gasteiger partial charge is 0.391 e. The van der Waals surface area contributed by atoms with Gasteiger partial charge in [-0.1, -0.05) is 0 Å². The molecule has 15 atom stereocenters. The molecule has 0 radical (unpaired) electrons. The molecule has 3 aliphatic rings. The second kappa shape index (κ2) is 20.5. The molecular formula is C29H52O17. The molecule has 0 aromatic heterocycles. The molecule has 0 spiro atoms. The molecular weight excluding hydrogens is 620 g/mol. The number of ketones is 4. The maximum atomic E-state index is 10.8. The second-order valence-corrected chi connectivity index (χ2v) is 11.8. The van der Waals surface area contributed by atoms with Crippen LogP contribution in [-0.2, 0) is 33.4 Å². The van der Waals surface area contributed by atoms with Gasteiger partial charge in [-0.05, 0) is 48.5 Å². The van der Waals surface area contributed by atoms with Gasteiger partial charge < -0.3 is 65.3 Å². The smallest absolute Gasteiger partial charge is 0.183 e. The van der Waals surface area contributed by atoms with Gasteiger partial charge in [-0.15, -0.1) is 0 Å². The van der Waals surface area contributed by atoms with E-state index < -0.39 is 91.7 Å². The molecule has 3 fully saturated rings. The first-order valence-corrected chi connectivity index (χ1v) is 14.8. The zero-order valence-corrected chi connectivity index (χ0v) is 27.1. The van der Waals surface area contributed by atoms with Crippen molar-refractivity contribution in [2.24, 2.45) is 0 Å². The van der Waals surface area contributed by atoms with E-state index in [9.17, 15) is 49.8 Å². The Labute approximate surface area is 267 Å². The minimum atomic E-state index is -1.43. The van der Waals surface area contributed by atoms with Crippen molar-refractivity contribution in [1.29, 1.82) is 0 Å². The van der Waals surface area contributed by atoms with Crippen molar-refractivity contribution >= 4 is 23.1 Å². The normalized spacial score (nSPS) is 39.2. The van der Waals surface area contributed by atoms with E-state index in [1.165, 1.54) is 41.5 Å². The van der Waals surface area contributed by atoms with Gasteiger partial charge in [0.05, 0.1) is 36.9 Å². The number of aliphatic hydroxyl groups is 10. The molecule has 3 aliphatic heterocycles. The molecule has 3 saturated heterocycles. The van der Waals surface area contributed by atoms with Crippen LogP contribution in [0, 0.1) is 0 Å². The monoisotopic (exact) mass is 672 g/mol. The molecule has 0 aromatic carbocycles. The third kappa shape index (κ3) is 14.5. The quantitative estimate of drug-likeness (QED) is 0.115. The minimum absolute atomic E-state index is 0.0509. The fourth-order valence-electron chi connectivity index (χ4n) is 4.60. The Kier molecular flexibility index (Phi) is 19.7. The van der Waals surface area contributed by atoms with E-state index in [1.54, 1.807) is 6.92 Å². The molecule has 270 valence electrons. The highest BCUT2D eigenvalue weighted by molar-refractivity contribution is 5.96. The molecule has 17 heteroatoms. The van der Waals surface area contributed by atoms with Crippen molar-refractivity contribution in [3.8, 4) is 0 Å². The lowest BCUT2D eigenvalue weighted by Crippen LogP contribution is -2.56. The van der Waals surface area contributed by atoms with E-state index in [-0.39, 0.29) is 42.4 Å². The van der Waals surface area contributed by atoms with Gasteiger partial charge in [0.2, 0.25) is 0 Å². The molecule has 3 heterocycles. The zero-order chi connectivity index (χ0) is 36.2. The Morgan fingerprint density at radius 1 is 0.522 bits per heavy atom. The first kappa shape index (κ1) is 44.2. The second-order valence-electron chi connectivity index (χ2n) is 11.8. The average Bonchev–Trinajstić information content (AvgIpc) is 3.21. The highest BCUT2D eigenvalue weighted by Gasteiger charge is 2.45. The van der Waals surface area contributed by atoms with E-state index in [1.807, 2.05) is 0 Å². The number of aliphatic hydroxyl groups excluding tert-OH is 10. The molecule has 2 unspecified atom stereocenters. The summed E-state index contributed by atoms with van der Waals surface area (Å²) in [6.07, 6.45) is -15.3. The Balaban J connectivity index is 0.000000604. The van der Waals surface area contributed by atoms with Gasteiger partial charge in [0.25, 0.3) is 0 Å². The zero-order valence-electron chi connectivity index (χ0n) is 27.1. The Bertz CT molecular complexity index is 934. The number of rotatable bonds is 7. The van der Waals surface area contributed by atoms with Crippen molar-refractivity contribution in [3.63, 3.8) is 0 Å². The van der Waals surface area contributed by atoms with Gasteiger partial charge >= 0.3 is 0 Å². The minimum Gasteiger partial charge on any atom is -0.391 e. The van der Waals surface area contributed by atoms with E-state index in [0.717, 1.165) is 0 Å². The van der Waals surface area contributed by atoms with Gasteiger partial charge in [0.15, 0.2) is 6.29 Å². The van der Waals surface area contributed by atoms with Crippen LogP contribution in [0.15, 0.2) is 0 Å². The lowest BCUT2D eigenvalue weighted by molar-refractivity contribution is -0.277. The molecule has 0 saturated carbocycles. The molecule has 10 N–H and O–H groups in total. The number of carbonyl (C=O) groups excluding carboxylic acids is 4. The van der Waals surface area contributed by atoms with Crippen molar-refractivity contribution in [1.82, 2.24) is 0 Å². The summed E-state index contributed by atoms with van der Waals surface area (Å²) < 4.78 is 15.1. The third-order valence-electron chi connectivity index (χ3n) is 7.13. The molecule has 46 heavy (non-hydrogen) atoms. The summed E-state index contributed by atoms with van der Waals surface area (Å²) in [5, 5.41) is 92.4. The maximum absolute atomic E-state index is 10.8. The van der Waals surface area contributed by atoms with E-state index in [4.69, 9.17) is 29.9 Å². The van der Waals surface area contributed by atoms with Crippen molar-refractivity contribution < 1.29 is 84.5 Å². The van der Waals surface area contributed by atoms with Crippen LogP contribution < -0.4 is 0 Å². The van der Waals surface area contributed by atoms with Gasteiger partial charge in [0, 0.05) is 12.8 Å². The van der Waals surface area contributed by atoms with Gasteiger partial charge in [-0.3, -0.25) is 19.2 Å². The van der Waals surface area contributed by atoms with Crippen LogP contribution in [0.4, 0.5) is 0 Å². The van der Waals surface area contributed by atoms with Crippen molar-refractivity contribution in [2.75, 3.05) is 0 Å². The van der Waals surface area contributed by atoms with Crippen molar-refractivity contribution in [2.45, 2.75) is 159 Å². The Morgan fingerprint density at radius 2 is 0.891 bits per heavy atom. The average molecular weight is 673 g/mol. The van der Waals surface area contributed by atoms with Crippen LogP contribution in [0.5, 0.6) is 0 Å². The standard InChI is InChI=1S/2C9H16O5.C6H12O5.C5H8O2/c1-4(10)3-6-7(12)8(13)9(14-6)5(2)11;1-4(10)3-6-8(12)9(13)7(11)5(2)14-6;1-2-3(7)4(8)5(9)6(10)11-2;1-4(6)3-5(2)7/h2*5-9,11-13H,3H2,1-2H3;2-10H,1H3;3H2,1-2H3/t5-,6-,7-,8+,9?;5-,6-,7+,8-,9-;2-,3+,4+,5-,6?;/m000./s1. The fraction of sp³-hybridized carbons (Fsp3) is 0.862. The molecule has 0 aliphatic carbocycles. The summed E-state index contributed by atoms with van der Waals surface area (Å²) in [5.41, 5.74) is 0. The van der Waals surface area contributed by atoms with Gasteiger partial charge in [0.1, 0.15) is 78.1 Å². The molecule has 17 nitrogen and oxygen atoms in total. The van der Waals surface area contributed by atoms with Crippen LogP contribution in [0.25, 0.3) is 0 Å².